The molecule has 6 rings (SSSR count). The number of hydrogen-bond acceptors (Lipinski definition) is 4. The summed E-state index contributed by atoms with van der Waals surface area (Å²) in [4.78, 5) is 17.8. The summed E-state index contributed by atoms with van der Waals surface area (Å²) in [6.45, 7) is 9.73. The minimum Gasteiger partial charge on any atom is -0.444 e. The van der Waals surface area contributed by atoms with E-state index in [2.05, 4.69) is 93.7 Å². The Hall–Kier alpha value is -4.39. The molecule has 2 aromatic carbocycles. The van der Waals surface area contributed by atoms with Crippen molar-refractivity contribution in [2.45, 2.75) is 65.0 Å². The third-order valence-corrected chi connectivity index (χ3v) is 7.63. The number of carbonyl (C=O) groups excluding carboxylic acids is 1. The van der Waals surface area contributed by atoms with E-state index < -0.39 is 11.1 Å². The number of benzene rings is 2. The Morgan fingerprint density at radius 3 is 2.30 bits per heavy atom. The Morgan fingerprint density at radius 1 is 0.975 bits per heavy atom. The number of alkyl carbamates (subject to hydrolysis) is 1. The number of carbonyl (C=O) groups is 1. The van der Waals surface area contributed by atoms with Gasteiger partial charge in [-0.3, -0.25) is 9.50 Å². The van der Waals surface area contributed by atoms with Gasteiger partial charge in [-0.25, -0.2) is 9.78 Å². The van der Waals surface area contributed by atoms with E-state index in [1.807, 2.05) is 33.8 Å². The zero-order valence-electron chi connectivity index (χ0n) is 23.7. The first kappa shape index (κ1) is 25.9. The lowest BCUT2D eigenvalue weighted by Crippen LogP contribution is -2.52. The van der Waals surface area contributed by atoms with E-state index in [0.29, 0.717) is 0 Å². The van der Waals surface area contributed by atoms with E-state index in [0.717, 1.165) is 75.5 Å². The summed E-state index contributed by atoms with van der Waals surface area (Å²) in [5.74, 6) is 0. The number of aryl methyl sites for hydroxylation is 2. The van der Waals surface area contributed by atoms with Crippen LogP contribution in [0.2, 0.25) is 0 Å². The summed E-state index contributed by atoms with van der Waals surface area (Å²) < 4.78 is 7.76. The minimum atomic E-state index is -0.538. The van der Waals surface area contributed by atoms with Gasteiger partial charge in [0.2, 0.25) is 0 Å². The quantitative estimate of drug-likeness (QED) is 0.244. The van der Waals surface area contributed by atoms with Crippen molar-refractivity contribution in [3.63, 3.8) is 0 Å². The van der Waals surface area contributed by atoms with Crippen molar-refractivity contribution in [2.24, 2.45) is 0 Å². The van der Waals surface area contributed by atoms with Crippen LogP contribution in [0.15, 0.2) is 72.9 Å². The van der Waals surface area contributed by atoms with Gasteiger partial charge in [0.25, 0.3) is 0 Å². The number of hydrogen-bond donors (Lipinski definition) is 2. The third-order valence-electron chi connectivity index (χ3n) is 7.63. The highest BCUT2D eigenvalue weighted by Gasteiger charge is 2.41. The summed E-state index contributed by atoms with van der Waals surface area (Å²) in [7, 11) is 0. The van der Waals surface area contributed by atoms with Gasteiger partial charge < -0.3 is 10.1 Å². The molecule has 0 saturated heterocycles. The molecule has 3 aromatic heterocycles. The fraction of sp³-hybridized carbons (Fsp3) is 0.303. The Kier molecular flexibility index (Phi) is 6.25. The first-order valence-electron chi connectivity index (χ1n) is 13.8. The Bertz CT molecular complexity index is 1690. The molecule has 3 heterocycles. The van der Waals surface area contributed by atoms with Gasteiger partial charge in [-0.2, -0.15) is 5.10 Å². The van der Waals surface area contributed by atoms with E-state index in [9.17, 15) is 4.79 Å². The number of ether oxygens (including phenoxy) is 1. The second-order valence-electron chi connectivity index (χ2n) is 11.8. The van der Waals surface area contributed by atoms with Crippen LogP contribution in [0.25, 0.3) is 39.4 Å². The van der Waals surface area contributed by atoms with Gasteiger partial charge >= 0.3 is 6.09 Å². The number of H-pyrrole nitrogens is 1. The molecule has 1 amide bonds. The predicted octanol–water partition coefficient (Wildman–Crippen LogP) is 7.58. The number of rotatable bonds is 5. The van der Waals surface area contributed by atoms with Gasteiger partial charge in [0, 0.05) is 22.9 Å². The summed E-state index contributed by atoms with van der Waals surface area (Å²) in [5, 5.41) is 10.6. The molecule has 0 aliphatic heterocycles. The molecule has 1 saturated carbocycles. The highest BCUT2D eigenvalue weighted by molar-refractivity contribution is 5.84. The fourth-order valence-electron chi connectivity index (χ4n) is 5.56. The molecule has 1 aliphatic rings. The normalized spacial score (nSPS) is 14.6. The van der Waals surface area contributed by atoms with Gasteiger partial charge in [0.1, 0.15) is 11.2 Å². The van der Waals surface area contributed by atoms with Gasteiger partial charge in [0.05, 0.1) is 28.3 Å². The topological polar surface area (TPSA) is 84.3 Å². The van der Waals surface area contributed by atoms with Crippen molar-refractivity contribution < 1.29 is 9.53 Å². The van der Waals surface area contributed by atoms with E-state index >= 15 is 0 Å². The molecule has 1 fully saturated rings. The minimum absolute atomic E-state index is 0.373. The number of amides is 1. The number of nitrogens with zero attached hydrogens (tertiary/aromatic N) is 3. The molecular weight excluding hydrogens is 498 g/mol. The first-order valence-corrected chi connectivity index (χ1v) is 13.8. The monoisotopic (exact) mass is 533 g/mol. The first-order chi connectivity index (χ1) is 19.1. The van der Waals surface area contributed by atoms with Crippen molar-refractivity contribution in [1.29, 1.82) is 0 Å². The van der Waals surface area contributed by atoms with Crippen molar-refractivity contribution >= 4 is 11.7 Å². The van der Waals surface area contributed by atoms with E-state index in [1.54, 1.807) is 0 Å². The van der Waals surface area contributed by atoms with Crippen molar-refractivity contribution in [1.82, 2.24) is 24.9 Å². The smallest absolute Gasteiger partial charge is 0.408 e. The standard InChI is InChI=1S/C33H35N5O2/c1-21-18-25(27-19-22(2)36-37-27)20-38-29(24-10-7-6-8-11-24)28(34-30(21)38)23-12-14-26(15-13-23)33(16-9-17-33)35-31(39)40-32(3,4)5/h6-8,10-15,18-20H,9,16-17H2,1-5H3,(H,35,39)(H,36,37). The number of nitrogens with one attached hydrogen (secondary N) is 2. The van der Waals surface area contributed by atoms with Crippen molar-refractivity contribution in [3.05, 3.63) is 89.7 Å². The molecule has 0 radical (unpaired) electrons. The average molecular weight is 534 g/mol. The largest absolute Gasteiger partial charge is 0.444 e. The molecule has 0 unspecified atom stereocenters. The summed E-state index contributed by atoms with van der Waals surface area (Å²) >= 11 is 0. The van der Waals surface area contributed by atoms with Gasteiger partial charge in [-0.05, 0) is 77.1 Å². The lowest BCUT2D eigenvalue weighted by Gasteiger charge is -2.43. The molecule has 5 aromatic rings. The highest BCUT2D eigenvalue weighted by atomic mass is 16.6. The molecule has 204 valence electrons. The molecule has 2 N–H and O–H groups in total. The third kappa shape index (κ3) is 4.76. The van der Waals surface area contributed by atoms with Crippen LogP contribution in [-0.2, 0) is 10.3 Å². The second kappa shape index (κ2) is 9.66. The fourth-order valence-corrected chi connectivity index (χ4v) is 5.56. The lowest BCUT2D eigenvalue weighted by atomic mass is 9.71. The number of fused-ring (bicyclic) bond motifs is 1. The molecule has 0 bridgehead atoms. The molecule has 7 nitrogen and oxygen atoms in total. The maximum Gasteiger partial charge on any atom is 0.408 e. The zero-order chi connectivity index (χ0) is 28.1. The predicted molar refractivity (Wildman–Crippen MR) is 158 cm³/mol. The van der Waals surface area contributed by atoms with Crippen LogP contribution in [-0.4, -0.2) is 31.3 Å². The number of imidazole rings is 1. The summed E-state index contributed by atoms with van der Waals surface area (Å²) in [6, 6.07) is 23.1. The van der Waals surface area contributed by atoms with Crippen molar-refractivity contribution in [3.8, 4) is 33.8 Å². The average Bonchev–Trinajstić information content (AvgIpc) is 3.50. The summed E-state index contributed by atoms with van der Waals surface area (Å²) in [6.07, 6.45) is 4.62. The second-order valence-corrected chi connectivity index (χ2v) is 11.8. The Morgan fingerprint density at radius 2 is 1.70 bits per heavy atom. The van der Waals surface area contributed by atoms with Gasteiger partial charge in [-0.15, -0.1) is 0 Å². The van der Waals surface area contributed by atoms with E-state index in [1.165, 1.54) is 0 Å². The van der Waals surface area contributed by atoms with Crippen LogP contribution >= 0.6 is 0 Å². The van der Waals surface area contributed by atoms with Crippen LogP contribution in [0.4, 0.5) is 4.79 Å². The lowest BCUT2D eigenvalue weighted by molar-refractivity contribution is 0.0377. The number of aromatic nitrogens is 4. The van der Waals surface area contributed by atoms with Crippen LogP contribution in [0.5, 0.6) is 0 Å². The Balaban J connectivity index is 1.42. The number of aromatic amines is 1. The molecule has 1 aliphatic carbocycles. The maximum absolute atomic E-state index is 12.6. The van der Waals surface area contributed by atoms with E-state index in [4.69, 9.17) is 9.72 Å². The number of pyridine rings is 1. The maximum atomic E-state index is 12.6. The molecule has 40 heavy (non-hydrogen) atoms. The highest BCUT2D eigenvalue weighted by Crippen LogP contribution is 2.43. The Labute approximate surface area is 234 Å². The zero-order valence-corrected chi connectivity index (χ0v) is 23.7. The molecule has 0 spiro atoms. The van der Waals surface area contributed by atoms with E-state index in [-0.39, 0.29) is 6.09 Å². The van der Waals surface area contributed by atoms with Gasteiger partial charge in [0.15, 0.2) is 0 Å². The van der Waals surface area contributed by atoms with Gasteiger partial charge in [-0.1, -0.05) is 54.6 Å². The van der Waals surface area contributed by atoms with Crippen LogP contribution in [0, 0.1) is 13.8 Å². The SMILES string of the molecule is Cc1cc(-c2cc(C)c3nc(-c4ccc(C5(NC(=O)OC(C)(C)C)CCC5)cc4)c(-c4ccccc4)n3c2)[nH]n1. The van der Waals surface area contributed by atoms with Crippen LogP contribution in [0.1, 0.15) is 56.9 Å². The van der Waals surface area contributed by atoms with Crippen molar-refractivity contribution in [2.75, 3.05) is 0 Å². The summed E-state index contributed by atoms with van der Waals surface area (Å²) in [5.41, 5.74) is 9.21. The molecule has 7 heteroatoms. The molecule has 0 atom stereocenters. The molecular formula is C33H35N5O2. The van der Waals surface area contributed by atoms with Crippen LogP contribution in [0.3, 0.4) is 0 Å². The van der Waals surface area contributed by atoms with Crippen LogP contribution < -0.4 is 5.32 Å².